The van der Waals surface area contributed by atoms with E-state index in [1.807, 2.05) is 0 Å². The quantitative estimate of drug-likeness (QED) is 0.185. The zero-order chi connectivity index (χ0) is 29.3. The zero-order valence-corrected chi connectivity index (χ0v) is 24.5. The van der Waals surface area contributed by atoms with Gasteiger partial charge in [-0.15, -0.1) is 0 Å². The van der Waals surface area contributed by atoms with Gasteiger partial charge >= 0.3 is 0 Å². The summed E-state index contributed by atoms with van der Waals surface area (Å²) in [7, 11) is 0. The van der Waals surface area contributed by atoms with E-state index in [1.54, 1.807) is 0 Å². The number of anilines is 5. The molecule has 2 nitrogen and oxygen atoms in total. The minimum atomic E-state index is 1.04. The van der Waals surface area contributed by atoms with E-state index in [2.05, 4.69) is 180 Å². The van der Waals surface area contributed by atoms with Crippen LogP contribution in [-0.4, -0.2) is 0 Å². The molecule has 0 aromatic heterocycles. The molecule has 8 rings (SSSR count). The lowest BCUT2D eigenvalue weighted by Gasteiger charge is -2.30. The van der Waals surface area contributed by atoms with E-state index in [0.717, 1.165) is 29.9 Å². The maximum absolute atomic E-state index is 2.43. The normalized spacial score (nSPS) is 12.9. The molecular weight excluding hydrogens is 532 g/mol. The van der Waals surface area contributed by atoms with Crippen LogP contribution in [0.15, 0.2) is 176 Å². The Morgan fingerprint density at radius 2 is 0.773 bits per heavy atom. The largest absolute Gasteiger partial charge is 0.310 e. The molecule has 0 amide bonds. The van der Waals surface area contributed by atoms with Crippen LogP contribution in [0.25, 0.3) is 32.3 Å². The van der Waals surface area contributed by atoms with Gasteiger partial charge in [-0.3, -0.25) is 0 Å². The average molecular weight is 565 g/mol. The van der Waals surface area contributed by atoms with Crippen molar-refractivity contribution < 1.29 is 0 Å². The van der Waals surface area contributed by atoms with Gasteiger partial charge in [0, 0.05) is 33.5 Å². The van der Waals surface area contributed by atoms with Crippen LogP contribution in [-0.2, 0) is 0 Å². The Kier molecular flexibility index (Phi) is 6.66. The van der Waals surface area contributed by atoms with Crippen LogP contribution in [0.5, 0.6) is 0 Å². The summed E-state index contributed by atoms with van der Waals surface area (Å²) < 4.78 is 0. The molecule has 0 radical (unpaired) electrons. The summed E-state index contributed by atoms with van der Waals surface area (Å²) in [5, 5.41) is 7.43. The lowest BCUT2D eigenvalue weighted by molar-refractivity contribution is 0.998. The van der Waals surface area contributed by atoms with Gasteiger partial charge in [0.1, 0.15) is 0 Å². The van der Waals surface area contributed by atoms with E-state index >= 15 is 0 Å². The second-order valence-electron chi connectivity index (χ2n) is 11.3. The third-order valence-electron chi connectivity index (χ3n) is 8.60. The van der Waals surface area contributed by atoms with Crippen LogP contribution < -0.4 is 9.80 Å². The highest BCUT2D eigenvalue weighted by atomic mass is 15.2. The molecule has 0 saturated heterocycles. The Balaban J connectivity index is 1.47. The average Bonchev–Trinajstić information content (AvgIpc) is 3.11. The number of benzene rings is 7. The highest BCUT2D eigenvalue weighted by Gasteiger charge is 2.22. The van der Waals surface area contributed by atoms with Gasteiger partial charge in [0.2, 0.25) is 0 Å². The van der Waals surface area contributed by atoms with Crippen molar-refractivity contribution in [2.24, 2.45) is 0 Å². The molecule has 0 N–H and O–H groups in total. The van der Waals surface area contributed by atoms with Crippen molar-refractivity contribution in [2.75, 3.05) is 9.80 Å². The lowest BCUT2D eigenvalue weighted by atomic mass is 9.93. The lowest BCUT2D eigenvalue weighted by Crippen LogP contribution is -2.16. The van der Waals surface area contributed by atoms with Crippen LogP contribution in [0.4, 0.5) is 28.4 Å². The molecule has 0 saturated carbocycles. The first kappa shape index (κ1) is 26.1. The predicted octanol–water partition coefficient (Wildman–Crippen LogP) is 12.0. The number of hydrogen-bond acceptors (Lipinski definition) is 2. The number of rotatable bonds is 6. The SMILES string of the molecule is C1=CC(N(c2ccccc2)c2cc3c4ccccc4c(N(c4ccccc4)c4ccccc4)cc3c3ccccc23)=CCC1. The van der Waals surface area contributed by atoms with Gasteiger partial charge in [0.25, 0.3) is 0 Å². The van der Waals surface area contributed by atoms with Crippen molar-refractivity contribution in [1.29, 1.82) is 0 Å². The predicted molar refractivity (Wildman–Crippen MR) is 189 cm³/mol. The molecule has 0 atom stereocenters. The topological polar surface area (TPSA) is 6.48 Å². The molecule has 0 spiro atoms. The van der Waals surface area contributed by atoms with Crippen LogP contribution in [0.3, 0.4) is 0 Å². The molecule has 0 bridgehead atoms. The van der Waals surface area contributed by atoms with Crippen molar-refractivity contribution in [1.82, 2.24) is 0 Å². The summed E-state index contributed by atoms with van der Waals surface area (Å²) in [5.41, 5.74) is 7.01. The summed E-state index contributed by atoms with van der Waals surface area (Å²) in [5.74, 6) is 0. The number of para-hydroxylation sites is 3. The van der Waals surface area contributed by atoms with Crippen molar-refractivity contribution in [2.45, 2.75) is 12.8 Å². The van der Waals surface area contributed by atoms with Crippen molar-refractivity contribution in [3.05, 3.63) is 176 Å². The Bertz CT molecular complexity index is 2120. The van der Waals surface area contributed by atoms with Crippen LogP contribution in [0.2, 0.25) is 0 Å². The van der Waals surface area contributed by atoms with E-state index in [-0.39, 0.29) is 0 Å². The first-order valence-corrected chi connectivity index (χ1v) is 15.4. The summed E-state index contributed by atoms with van der Waals surface area (Å²) in [6.45, 7) is 0. The standard InChI is InChI=1S/C42H32N2/c1-5-17-31(18-6-1)43(32-19-7-2-8-20-32)41-29-39-36-26-14-16-28-38(36)42(30-40(39)35-25-13-15-27-37(35)41)44(33-21-9-3-10-22-33)34-23-11-4-12-24-34/h1-3,5-11,13-30H,4,12H2. The second kappa shape index (κ2) is 11.2. The molecule has 2 heteroatoms. The van der Waals surface area contributed by atoms with E-state index in [9.17, 15) is 0 Å². The Morgan fingerprint density at radius 3 is 1.23 bits per heavy atom. The molecule has 0 aliphatic heterocycles. The van der Waals surface area contributed by atoms with Gasteiger partial charge in [0.15, 0.2) is 0 Å². The summed E-state index contributed by atoms with van der Waals surface area (Å²) >= 11 is 0. The highest BCUT2D eigenvalue weighted by molar-refractivity contribution is 6.24. The minimum absolute atomic E-state index is 1.04. The van der Waals surface area contributed by atoms with E-state index < -0.39 is 0 Å². The van der Waals surface area contributed by atoms with Gasteiger partial charge < -0.3 is 9.80 Å². The highest BCUT2D eigenvalue weighted by Crippen LogP contribution is 2.46. The first-order chi connectivity index (χ1) is 21.9. The molecule has 1 aliphatic rings. The molecule has 7 aromatic carbocycles. The first-order valence-electron chi connectivity index (χ1n) is 15.4. The zero-order valence-electron chi connectivity index (χ0n) is 24.5. The van der Waals surface area contributed by atoms with Crippen molar-refractivity contribution >= 4 is 60.8 Å². The van der Waals surface area contributed by atoms with Gasteiger partial charge in [-0.2, -0.15) is 0 Å². The summed E-state index contributed by atoms with van der Waals surface area (Å²) in [4.78, 5) is 4.82. The fourth-order valence-electron chi connectivity index (χ4n) is 6.63. The fourth-order valence-corrected chi connectivity index (χ4v) is 6.63. The third kappa shape index (κ3) is 4.53. The molecule has 44 heavy (non-hydrogen) atoms. The maximum Gasteiger partial charge on any atom is 0.0546 e. The van der Waals surface area contributed by atoms with E-state index in [4.69, 9.17) is 0 Å². The molecule has 7 aromatic rings. The number of nitrogens with zero attached hydrogens (tertiary/aromatic N) is 2. The van der Waals surface area contributed by atoms with Gasteiger partial charge in [-0.05, 0) is 89.0 Å². The van der Waals surface area contributed by atoms with Crippen LogP contribution in [0, 0.1) is 0 Å². The number of fused-ring (bicyclic) bond motifs is 5. The smallest absolute Gasteiger partial charge is 0.0546 e. The summed E-state index contributed by atoms with van der Waals surface area (Å²) in [6.07, 6.45) is 9.05. The Morgan fingerprint density at radius 1 is 0.364 bits per heavy atom. The number of hydrogen-bond donors (Lipinski definition) is 0. The van der Waals surface area contributed by atoms with E-state index in [1.165, 1.54) is 49.4 Å². The second-order valence-corrected chi connectivity index (χ2v) is 11.3. The molecule has 0 fully saturated rings. The van der Waals surface area contributed by atoms with Crippen molar-refractivity contribution in [3.8, 4) is 0 Å². The van der Waals surface area contributed by atoms with Gasteiger partial charge in [0.05, 0.1) is 11.4 Å². The molecule has 0 unspecified atom stereocenters. The Hall–Kier alpha value is -5.60. The minimum Gasteiger partial charge on any atom is -0.310 e. The molecular formula is C42H32N2. The van der Waals surface area contributed by atoms with E-state index in [0.29, 0.717) is 0 Å². The van der Waals surface area contributed by atoms with Crippen LogP contribution in [0.1, 0.15) is 12.8 Å². The van der Waals surface area contributed by atoms with Crippen molar-refractivity contribution in [3.63, 3.8) is 0 Å². The Labute approximate surface area is 258 Å². The molecule has 210 valence electrons. The maximum atomic E-state index is 2.43. The van der Waals surface area contributed by atoms with Gasteiger partial charge in [-0.1, -0.05) is 115 Å². The molecule has 1 aliphatic carbocycles. The van der Waals surface area contributed by atoms with Gasteiger partial charge in [-0.25, -0.2) is 0 Å². The fraction of sp³-hybridized carbons (Fsp3) is 0.0476. The molecule has 0 heterocycles. The third-order valence-corrected chi connectivity index (χ3v) is 8.60. The monoisotopic (exact) mass is 564 g/mol. The summed E-state index contributed by atoms with van der Waals surface area (Å²) in [6, 6.07) is 54.7. The number of allylic oxidation sites excluding steroid dienone is 3. The van der Waals surface area contributed by atoms with Crippen LogP contribution >= 0.6 is 0 Å².